The first-order valence-corrected chi connectivity index (χ1v) is 8.58. The van der Waals surface area contributed by atoms with Crippen LogP contribution in [-0.4, -0.2) is 58.5 Å². The van der Waals surface area contributed by atoms with Crippen LogP contribution < -0.4 is 15.1 Å². The van der Waals surface area contributed by atoms with Crippen LogP contribution >= 0.6 is 0 Å². The van der Waals surface area contributed by atoms with E-state index in [4.69, 9.17) is 0 Å². The molecule has 0 aliphatic carbocycles. The third-order valence-electron chi connectivity index (χ3n) is 4.61. The van der Waals surface area contributed by atoms with Crippen molar-refractivity contribution >= 4 is 22.9 Å². The maximum absolute atomic E-state index is 12.4. The number of aromatic nitrogens is 4. The molecule has 1 saturated heterocycles. The Hall–Kier alpha value is -3.16. The Labute approximate surface area is 151 Å². The summed E-state index contributed by atoms with van der Waals surface area (Å²) in [6.45, 7) is 1.57. The van der Waals surface area contributed by atoms with Gasteiger partial charge in [-0.3, -0.25) is 4.79 Å². The average molecular weight is 351 g/mol. The first-order chi connectivity index (χ1) is 12.6. The van der Waals surface area contributed by atoms with E-state index in [0.29, 0.717) is 0 Å². The van der Waals surface area contributed by atoms with Crippen LogP contribution in [0.2, 0.25) is 0 Å². The number of carbonyl (C=O) groups is 1. The first-order valence-electron chi connectivity index (χ1n) is 8.58. The molecule has 8 heteroatoms. The van der Waals surface area contributed by atoms with Crippen molar-refractivity contribution in [3.05, 3.63) is 48.9 Å². The second-order valence-electron chi connectivity index (χ2n) is 6.62. The highest BCUT2D eigenvalue weighted by atomic mass is 16.2. The molecule has 3 aromatic heterocycles. The van der Waals surface area contributed by atoms with Gasteiger partial charge in [-0.1, -0.05) is 0 Å². The Bertz CT molecular complexity index is 919. The monoisotopic (exact) mass is 351 g/mol. The molecule has 0 radical (unpaired) electrons. The molecular formula is C18H21N7O. The summed E-state index contributed by atoms with van der Waals surface area (Å²) in [6.07, 6.45) is 9.91. The van der Waals surface area contributed by atoms with Gasteiger partial charge in [0.15, 0.2) is 5.82 Å². The zero-order valence-corrected chi connectivity index (χ0v) is 14.8. The van der Waals surface area contributed by atoms with Gasteiger partial charge in [0.05, 0.1) is 23.6 Å². The van der Waals surface area contributed by atoms with Gasteiger partial charge < -0.3 is 19.5 Å². The van der Waals surface area contributed by atoms with Gasteiger partial charge >= 0.3 is 0 Å². The Morgan fingerprint density at radius 3 is 2.81 bits per heavy atom. The highest BCUT2D eigenvalue weighted by molar-refractivity contribution is 5.90. The van der Waals surface area contributed by atoms with Gasteiger partial charge in [0, 0.05) is 51.8 Å². The molecule has 26 heavy (non-hydrogen) atoms. The summed E-state index contributed by atoms with van der Waals surface area (Å²) < 4.78 is 2.05. The summed E-state index contributed by atoms with van der Waals surface area (Å²) in [6, 6.07) is 4.11. The molecule has 0 spiro atoms. The Kier molecular flexibility index (Phi) is 4.16. The highest BCUT2D eigenvalue weighted by Crippen LogP contribution is 2.23. The zero-order chi connectivity index (χ0) is 18.1. The van der Waals surface area contributed by atoms with E-state index in [1.54, 1.807) is 18.6 Å². The summed E-state index contributed by atoms with van der Waals surface area (Å²) in [5, 5.41) is 3.03. The summed E-state index contributed by atoms with van der Waals surface area (Å²) in [7, 11) is 3.82. The van der Waals surface area contributed by atoms with Crippen molar-refractivity contribution in [2.45, 2.75) is 12.5 Å². The van der Waals surface area contributed by atoms with E-state index in [0.717, 1.165) is 36.5 Å². The molecule has 1 aliphatic rings. The Balaban J connectivity index is 1.42. The lowest BCUT2D eigenvalue weighted by Gasteiger charge is -2.19. The molecule has 8 nitrogen and oxygen atoms in total. The van der Waals surface area contributed by atoms with Crippen LogP contribution in [0.3, 0.4) is 0 Å². The van der Waals surface area contributed by atoms with Gasteiger partial charge in [-0.2, -0.15) is 0 Å². The van der Waals surface area contributed by atoms with Crippen LogP contribution in [0.5, 0.6) is 0 Å². The van der Waals surface area contributed by atoms with Gasteiger partial charge in [0.1, 0.15) is 0 Å². The zero-order valence-electron chi connectivity index (χ0n) is 14.8. The number of rotatable bonds is 4. The van der Waals surface area contributed by atoms with Crippen molar-refractivity contribution in [3.8, 4) is 0 Å². The fourth-order valence-corrected chi connectivity index (χ4v) is 3.19. The molecule has 4 heterocycles. The van der Waals surface area contributed by atoms with Gasteiger partial charge in [-0.05, 0) is 18.6 Å². The van der Waals surface area contributed by atoms with Gasteiger partial charge in [-0.25, -0.2) is 15.0 Å². The van der Waals surface area contributed by atoms with Crippen LogP contribution in [0.15, 0.2) is 43.1 Å². The van der Waals surface area contributed by atoms with E-state index in [-0.39, 0.29) is 17.8 Å². The number of amides is 1. The summed E-state index contributed by atoms with van der Waals surface area (Å²) in [4.78, 5) is 29.3. The minimum atomic E-state index is -0.240. The summed E-state index contributed by atoms with van der Waals surface area (Å²) >= 11 is 0. The third kappa shape index (κ3) is 3.05. The first kappa shape index (κ1) is 16.3. The second-order valence-corrected chi connectivity index (χ2v) is 6.62. The van der Waals surface area contributed by atoms with E-state index in [1.807, 2.05) is 47.9 Å². The lowest BCUT2D eigenvalue weighted by atomic mass is 10.2. The topological polar surface area (TPSA) is 78.7 Å². The fourth-order valence-electron chi connectivity index (χ4n) is 3.19. The number of hydrogen-bond acceptors (Lipinski definition) is 6. The number of nitrogens with one attached hydrogen (secondary N) is 1. The second kappa shape index (κ2) is 6.62. The van der Waals surface area contributed by atoms with E-state index in [9.17, 15) is 4.79 Å². The minimum absolute atomic E-state index is 0.0524. The lowest BCUT2D eigenvalue weighted by molar-refractivity contribution is 0.0930. The summed E-state index contributed by atoms with van der Waals surface area (Å²) in [5.41, 5.74) is 1.93. The molecule has 1 aliphatic heterocycles. The molecule has 3 aromatic rings. The third-order valence-corrected chi connectivity index (χ3v) is 4.61. The van der Waals surface area contributed by atoms with E-state index < -0.39 is 0 Å². The predicted molar refractivity (Wildman–Crippen MR) is 99.6 cm³/mol. The molecule has 1 amide bonds. The number of carbonyl (C=O) groups excluding carboxylic acids is 1. The maximum Gasteiger partial charge on any atom is 0.289 e. The van der Waals surface area contributed by atoms with E-state index in [2.05, 4.69) is 25.2 Å². The quantitative estimate of drug-likeness (QED) is 0.761. The number of hydrogen-bond donors (Lipinski definition) is 1. The SMILES string of the molecule is CN(C)c1cnc(C(=O)N[C@H]2CCN(c3nccn4cccc34)C2)nc1. The van der Waals surface area contributed by atoms with Crippen molar-refractivity contribution < 1.29 is 4.79 Å². The van der Waals surface area contributed by atoms with Crippen molar-refractivity contribution in [2.24, 2.45) is 0 Å². The Morgan fingerprint density at radius 1 is 1.23 bits per heavy atom. The largest absolute Gasteiger partial charge is 0.375 e. The fraction of sp³-hybridized carbons (Fsp3) is 0.333. The molecule has 1 N–H and O–H groups in total. The smallest absolute Gasteiger partial charge is 0.289 e. The highest BCUT2D eigenvalue weighted by Gasteiger charge is 2.27. The van der Waals surface area contributed by atoms with Crippen LogP contribution in [-0.2, 0) is 0 Å². The van der Waals surface area contributed by atoms with Crippen molar-refractivity contribution in [2.75, 3.05) is 37.0 Å². The molecular weight excluding hydrogens is 330 g/mol. The molecule has 134 valence electrons. The predicted octanol–water partition coefficient (Wildman–Crippen LogP) is 1.20. The molecule has 1 atom stereocenters. The lowest BCUT2D eigenvalue weighted by Crippen LogP contribution is -2.38. The minimum Gasteiger partial charge on any atom is -0.375 e. The number of anilines is 2. The van der Waals surface area contributed by atoms with Crippen molar-refractivity contribution in [3.63, 3.8) is 0 Å². The molecule has 0 bridgehead atoms. The van der Waals surface area contributed by atoms with Crippen LogP contribution in [0.4, 0.5) is 11.5 Å². The van der Waals surface area contributed by atoms with Crippen LogP contribution in [0, 0.1) is 0 Å². The van der Waals surface area contributed by atoms with Gasteiger partial charge in [0.25, 0.3) is 5.91 Å². The normalized spacial score (nSPS) is 16.8. The standard InChI is InChI=1S/C18H21N7O/c1-23(2)14-10-20-16(21-11-14)18(26)22-13-5-8-25(12-13)17-15-4-3-7-24(15)9-6-19-17/h3-4,6-7,9-11,13H,5,8,12H2,1-2H3,(H,22,26)/t13-/m0/s1. The molecule has 0 aromatic carbocycles. The van der Waals surface area contributed by atoms with Crippen LogP contribution in [0.25, 0.3) is 5.52 Å². The van der Waals surface area contributed by atoms with Gasteiger partial charge in [0.2, 0.25) is 5.82 Å². The molecule has 0 saturated carbocycles. The Morgan fingerprint density at radius 2 is 2.04 bits per heavy atom. The molecule has 4 rings (SSSR count). The van der Waals surface area contributed by atoms with Crippen LogP contribution in [0.1, 0.15) is 17.0 Å². The maximum atomic E-state index is 12.4. The van der Waals surface area contributed by atoms with Gasteiger partial charge in [-0.15, -0.1) is 0 Å². The van der Waals surface area contributed by atoms with E-state index in [1.165, 1.54) is 0 Å². The summed E-state index contributed by atoms with van der Waals surface area (Å²) in [5.74, 6) is 0.901. The number of nitrogens with zero attached hydrogens (tertiary/aromatic N) is 6. The molecule has 0 unspecified atom stereocenters. The molecule has 1 fully saturated rings. The van der Waals surface area contributed by atoms with Crippen molar-refractivity contribution in [1.82, 2.24) is 24.7 Å². The van der Waals surface area contributed by atoms with Crippen molar-refractivity contribution in [1.29, 1.82) is 0 Å². The number of fused-ring (bicyclic) bond motifs is 1. The average Bonchev–Trinajstić information content (AvgIpc) is 3.30. The van der Waals surface area contributed by atoms with E-state index >= 15 is 0 Å².